The van der Waals surface area contributed by atoms with Crippen LogP contribution in [0.3, 0.4) is 0 Å². The van der Waals surface area contributed by atoms with Crippen LogP contribution in [0.5, 0.6) is 0 Å². The van der Waals surface area contributed by atoms with Crippen molar-refractivity contribution in [1.82, 2.24) is 0 Å². The van der Waals surface area contributed by atoms with Crippen LogP contribution in [0.15, 0.2) is 36.5 Å². The minimum Gasteiger partial charge on any atom is -0.462 e. The lowest BCUT2D eigenvalue weighted by Crippen LogP contribution is -2.26. The number of unbranched alkanes of at least 4 members (excludes halogenated alkanes) is 19. The number of carbonyl (C=O) groups is 2. The molecule has 0 aromatic carbocycles. The first-order valence-corrected chi connectivity index (χ1v) is 19.0. The smallest absolute Gasteiger partial charge is 0.306 e. The van der Waals surface area contributed by atoms with Crippen LogP contribution in [0.2, 0.25) is 0 Å². The number of ether oxygens (including phenoxy) is 2. The molecule has 44 heavy (non-hydrogen) atoms. The summed E-state index contributed by atoms with van der Waals surface area (Å²) in [4.78, 5) is 24.3. The molecule has 1 unspecified atom stereocenters. The van der Waals surface area contributed by atoms with E-state index in [1.165, 1.54) is 96.3 Å². The van der Waals surface area contributed by atoms with Crippen LogP contribution in [0.25, 0.3) is 0 Å². The highest BCUT2D eigenvalue weighted by Crippen LogP contribution is 2.12. The maximum Gasteiger partial charge on any atom is 0.306 e. The minimum atomic E-state index is -0.569. The Morgan fingerprint density at radius 1 is 0.523 bits per heavy atom. The van der Waals surface area contributed by atoms with E-state index in [1.54, 1.807) is 0 Å². The first kappa shape index (κ1) is 42.5. The quantitative estimate of drug-likeness (QED) is 0.0311. The number of hydrogen-bond donors (Lipinski definition) is 0. The summed E-state index contributed by atoms with van der Waals surface area (Å²) >= 11 is 5.96. The maximum absolute atomic E-state index is 12.2. The SMILES string of the molecule is CCCCC/C=C\C/C=C\CCCCCCCC(=O)OC(CCl)COC(=O)CCCCCCC/C=C\CCCCCCCC. The summed E-state index contributed by atoms with van der Waals surface area (Å²) in [6.07, 6.45) is 42.6. The monoisotopic (exact) mass is 636 g/mol. The van der Waals surface area contributed by atoms with Gasteiger partial charge in [-0.3, -0.25) is 9.59 Å². The largest absolute Gasteiger partial charge is 0.462 e. The Kier molecular flexibility index (Phi) is 34.7. The zero-order valence-electron chi connectivity index (χ0n) is 28.9. The molecular formula is C39H69ClO4. The van der Waals surface area contributed by atoms with Gasteiger partial charge in [0.15, 0.2) is 0 Å². The highest BCUT2D eigenvalue weighted by Gasteiger charge is 2.16. The number of hydrogen-bond acceptors (Lipinski definition) is 4. The van der Waals surface area contributed by atoms with Crippen molar-refractivity contribution in [2.24, 2.45) is 0 Å². The third-order valence-corrected chi connectivity index (χ3v) is 8.22. The normalized spacial score (nSPS) is 12.5. The van der Waals surface area contributed by atoms with Gasteiger partial charge in [-0.1, -0.05) is 134 Å². The molecule has 0 spiro atoms. The summed E-state index contributed by atoms with van der Waals surface area (Å²) in [6, 6.07) is 0. The second-order valence-electron chi connectivity index (χ2n) is 12.3. The molecule has 0 aliphatic heterocycles. The average Bonchev–Trinajstić information content (AvgIpc) is 3.02. The lowest BCUT2D eigenvalue weighted by Gasteiger charge is -2.15. The fraction of sp³-hybridized carbons (Fsp3) is 0.795. The van der Waals surface area contributed by atoms with Crippen LogP contribution >= 0.6 is 11.6 Å². The predicted octanol–water partition coefficient (Wildman–Crippen LogP) is 12.5. The third kappa shape index (κ3) is 33.3. The average molecular weight is 637 g/mol. The molecule has 0 aliphatic rings. The summed E-state index contributed by atoms with van der Waals surface area (Å²) in [5, 5.41) is 0. The van der Waals surface area contributed by atoms with Crippen molar-refractivity contribution in [3.63, 3.8) is 0 Å². The Hall–Kier alpha value is -1.55. The van der Waals surface area contributed by atoms with E-state index in [0.29, 0.717) is 12.8 Å². The van der Waals surface area contributed by atoms with Gasteiger partial charge < -0.3 is 9.47 Å². The van der Waals surface area contributed by atoms with Crippen LogP contribution in [-0.4, -0.2) is 30.5 Å². The van der Waals surface area contributed by atoms with Crippen molar-refractivity contribution in [2.45, 2.75) is 187 Å². The molecule has 0 saturated carbocycles. The molecule has 0 radical (unpaired) electrons. The molecule has 0 amide bonds. The second-order valence-corrected chi connectivity index (χ2v) is 12.6. The number of halogens is 1. The Bertz CT molecular complexity index is 715. The molecule has 0 heterocycles. The van der Waals surface area contributed by atoms with E-state index in [-0.39, 0.29) is 24.4 Å². The zero-order valence-corrected chi connectivity index (χ0v) is 29.6. The Morgan fingerprint density at radius 2 is 0.909 bits per heavy atom. The van der Waals surface area contributed by atoms with Gasteiger partial charge in [0.25, 0.3) is 0 Å². The fourth-order valence-electron chi connectivity index (χ4n) is 5.03. The molecule has 0 saturated heterocycles. The highest BCUT2D eigenvalue weighted by molar-refractivity contribution is 6.18. The molecule has 0 rings (SSSR count). The number of carbonyl (C=O) groups excluding carboxylic acids is 2. The Balaban J connectivity index is 3.61. The standard InChI is InChI=1S/C39H69ClO4/c1-3-5-7-9-11-13-15-17-19-21-23-25-27-29-31-33-38(41)43-36-37(35-40)44-39(42)34-32-30-28-26-24-22-20-18-16-14-12-10-8-6-4-2/h12,14,17-20,37H,3-11,13,15-16,21-36H2,1-2H3/b14-12-,19-17-,20-18-. The van der Waals surface area contributed by atoms with Crippen molar-refractivity contribution in [3.8, 4) is 0 Å². The number of rotatable bonds is 33. The lowest BCUT2D eigenvalue weighted by atomic mass is 10.1. The molecule has 0 bridgehead atoms. The van der Waals surface area contributed by atoms with Crippen LogP contribution in [-0.2, 0) is 19.1 Å². The molecule has 0 N–H and O–H groups in total. The highest BCUT2D eigenvalue weighted by atomic mass is 35.5. The summed E-state index contributed by atoms with van der Waals surface area (Å²) in [5.41, 5.74) is 0. The van der Waals surface area contributed by atoms with Crippen LogP contribution in [0.1, 0.15) is 181 Å². The zero-order chi connectivity index (χ0) is 32.2. The fourth-order valence-corrected chi connectivity index (χ4v) is 5.19. The van der Waals surface area contributed by atoms with E-state index in [9.17, 15) is 9.59 Å². The van der Waals surface area contributed by atoms with Gasteiger partial charge in [-0.15, -0.1) is 11.6 Å². The van der Waals surface area contributed by atoms with E-state index >= 15 is 0 Å². The summed E-state index contributed by atoms with van der Waals surface area (Å²) in [5.74, 6) is -0.355. The summed E-state index contributed by atoms with van der Waals surface area (Å²) in [7, 11) is 0. The van der Waals surface area contributed by atoms with Gasteiger partial charge in [-0.25, -0.2) is 0 Å². The third-order valence-electron chi connectivity index (χ3n) is 7.87. The summed E-state index contributed by atoms with van der Waals surface area (Å²) in [6.45, 7) is 4.54. The topological polar surface area (TPSA) is 52.6 Å². The molecule has 256 valence electrons. The van der Waals surface area contributed by atoms with Gasteiger partial charge in [0.1, 0.15) is 12.7 Å². The first-order chi connectivity index (χ1) is 21.6. The van der Waals surface area contributed by atoms with Gasteiger partial charge in [0.05, 0.1) is 5.88 Å². The van der Waals surface area contributed by atoms with Crippen LogP contribution < -0.4 is 0 Å². The van der Waals surface area contributed by atoms with Crippen LogP contribution in [0, 0.1) is 0 Å². The molecular weight excluding hydrogens is 568 g/mol. The van der Waals surface area contributed by atoms with E-state index in [1.807, 2.05) is 0 Å². The molecule has 0 aromatic heterocycles. The van der Waals surface area contributed by atoms with Gasteiger partial charge >= 0.3 is 11.9 Å². The van der Waals surface area contributed by atoms with Crippen molar-refractivity contribution < 1.29 is 19.1 Å². The first-order valence-electron chi connectivity index (χ1n) is 18.5. The Morgan fingerprint density at radius 3 is 1.41 bits per heavy atom. The van der Waals surface area contributed by atoms with Gasteiger partial charge in [-0.2, -0.15) is 0 Å². The maximum atomic E-state index is 12.2. The van der Waals surface area contributed by atoms with Gasteiger partial charge in [0, 0.05) is 12.8 Å². The number of alkyl halides is 1. The second kappa shape index (κ2) is 35.9. The van der Waals surface area contributed by atoms with Crippen LogP contribution in [0.4, 0.5) is 0 Å². The molecule has 0 aromatic rings. The van der Waals surface area contributed by atoms with Crippen molar-refractivity contribution in [1.29, 1.82) is 0 Å². The molecule has 0 fully saturated rings. The van der Waals surface area contributed by atoms with Gasteiger partial charge in [0.2, 0.25) is 0 Å². The van der Waals surface area contributed by atoms with Crippen molar-refractivity contribution in [3.05, 3.63) is 36.5 Å². The van der Waals surface area contributed by atoms with E-state index in [2.05, 4.69) is 50.3 Å². The summed E-state index contributed by atoms with van der Waals surface area (Å²) < 4.78 is 10.8. The van der Waals surface area contributed by atoms with E-state index in [4.69, 9.17) is 21.1 Å². The Labute approximate surface area is 277 Å². The van der Waals surface area contributed by atoms with Crippen molar-refractivity contribution in [2.75, 3.05) is 12.5 Å². The van der Waals surface area contributed by atoms with Gasteiger partial charge in [-0.05, 0) is 70.6 Å². The number of allylic oxidation sites excluding steroid dienone is 6. The van der Waals surface area contributed by atoms with E-state index < -0.39 is 6.10 Å². The predicted molar refractivity (Wildman–Crippen MR) is 190 cm³/mol. The molecule has 5 heteroatoms. The molecule has 1 atom stereocenters. The lowest BCUT2D eigenvalue weighted by molar-refractivity contribution is -0.157. The molecule has 4 nitrogen and oxygen atoms in total. The minimum absolute atomic E-state index is 0.0430. The van der Waals surface area contributed by atoms with E-state index in [0.717, 1.165) is 57.8 Å². The van der Waals surface area contributed by atoms with Crippen molar-refractivity contribution >= 4 is 23.5 Å². The molecule has 0 aliphatic carbocycles. The number of esters is 2.